The van der Waals surface area contributed by atoms with Gasteiger partial charge in [-0.2, -0.15) is 0 Å². The van der Waals surface area contributed by atoms with Crippen LogP contribution < -0.4 is 10.5 Å². The molecular weight excluding hydrogens is 273 g/mol. The maximum atomic E-state index is 13.2. The van der Waals surface area contributed by atoms with Crippen LogP contribution in [-0.4, -0.2) is 11.9 Å². The van der Waals surface area contributed by atoms with Crippen LogP contribution in [-0.2, 0) is 6.42 Å². The van der Waals surface area contributed by atoms with Crippen molar-refractivity contribution in [1.82, 2.24) is 0 Å². The van der Waals surface area contributed by atoms with Crippen molar-refractivity contribution in [3.8, 4) is 5.75 Å². The van der Waals surface area contributed by atoms with Crippen molar-refractivity contribution in [2.75, 3.05) is 11.5 Å². The minimum atomic E-state index is -0.205. The van der Waals surface area contributed by atoms with Crippen molar-refractivity contribution in [2.24, 2.45) is 0 Å². The molecule has 104 valence electrons. The van der Waals surface area contributed by atoms with E-state index in [4.69, 9.17) is 10.5 Å². The normalized spacial score (nSPS) is 16.8. The molecule has 0 saturated heterocycles. The zero-order valence-electron chi connectivity index (χ0n) is 11.2. The third-order valence-electron chi connectivity index (χ3n) is 3.47. The van der Waals surface area contributed by atoms with E-state index in [-0.39, 0.29) is 11.9 Å². The second-order valence-electron chi connectivity index (χ2n) is 4.99. The minimum absolute atomic E-state index is 0.0803. The molecule has 3 rings (SSSR count). The van der Waals surface area contributed by atoms with Crippen LogP contribution >= 0.6 is 11.8 Å². The van der Waals surface area contributed by atoms with Gasteiger partial charge in [0.05, 0.1) is 0 Å². The van der Waals surface area contributed by atoms with Crippen molar-refractivity contribution in [1.29, 1.82) is 0 Å². The lowest BCUT2D eigenvalue weighted by Gasteiger charge is -2.12. The van der Waals surface area contributed by atoms with E-state index in [0.717, 1.165) is 39.6 Å². The first-order chi connectivity index (χ1) is 9.63. The lowest BCUT2D eigenvalue weighted by atomic mass is 10.1. The number of thioether (sulfide) groups is 1. The Hall–Kier alpha value is -1.68. The number of rotatable bonds is 3. The zero-order valence-corrected chi connectivity index (χ0v) is 12.0. The standard InChI is InChI=1S/C16H16FNOS/c1-10-3-2-4-15(16(10)18)20-9-13-8-11-7-12(17)5-6-14(11)19-13/h2-7,13H,8-9,18H2,1H3. The fraction of sp³-hybridized carbons (Fsp3) is 0.250. The van der Waals surface area contributed by atoms with Crippen LogP contribution in [0.1, 0.15) is 11.1 Å². The number of anilines is 1. The fourth-order valence-corrected chi connectivity index (χ4v) is 3.39. The highest BCUT2D eigenvalue weighted by Crippen LogP contribution is 2.34. The van der Waals surface area contributed by atoms with Gasteiger partial charge in [-0.05, 0) is 36.8 Å². The number of para-hydroxylation sites is 1. The maximum absolute atomic E-state index is 13.2. The lowest BCUT2D eigenvalue weighted by molar-refractivity contribution is 0.259. The van der Waals surface area contributed by atoms with Gasteiger partial charge in [0.1, 0.15) is 17.7 Å². The molecular formula is C16H16FNOS. The van der Waals surface area contributed by atoms with Crippen molar-refractivity contribution in [3.63, 3.8) is 0 Å². The summed E-state index contributed by atoms with van der Waals surface area (Å²) in [5.41, 5.74) is 8.93. The second-order valence-corrected chi connectivity index (χ2v) is 6.06. The molecule has 20 heavy (non-hydrogen) atoms. The monoisotopic (exact) mass is 289 g/mol. The van der Waals surface area contributed by atoms with E-state index in [1.807, 2.05) is 25.1 Å². The number of nitrogen functional groups attached to an aromatic ring is 1. The van der Waals surface area contributed by atoms with Gasteiger partial charge in [0.15, 0.2) is 0 Å². The summed E-state index contributed by atoms with van der Waals surface area (Å²) in [6.45, 7) is 2.00. The quantitative estimate of drug-likeness (QED) is 0.689. The van der Waals surface area contributed by atoms with Gasteiger partial charge in [-0.1, -0.05) is 12.1 Å². The highest BCUT2D eigenvalue weighted by molar-refractivity contribution is 7.99. The van der Waals surface area contributed by atoms with Gasteiger partial charge < -0.3 is 10.5 Å². The smallest absolute Gasteiger partial charge is 0.123 e. The molecule has 0 radical (unpaired) electrons. The Morgan fingerprint density at radius 2 is 2.20 bits per heavy atom. The van der Waals surface area contributed by atoms with Gasteiger partial charge in [-0.3, -0.25) is 0 Å². The van der Waals surface area contributed by atoms with Gasteiger partial charge in [0.2, 0.25) is 0 Å². The number of nitrogens with two attached hydrogens (primary N) is 1. The summed E-state index contributed by atoms with van der Waals surface area (Å²) in [7, 11) is 0. The van der Waals surface area contributed by atoms with Crippen LogP contribution in [0.5, 0.6) is 5.75 Å². The zero-order chi connectivity index (χ0) is 14.1. The number of hydrogen-bond acceptors (Lipinski definition) is 3. The van der Waals surface area contributed by atoms with Gasteiger partial charge >= 0.3 is 0 Å². The Balaban J connectivity index is 1.65. The van der Waals surface area contributed by atoms with E-state index in [2.05, 4.69) is 0 Å². The minimum Gasteiger partial charge on any atom is -0.489 e. The molecule has 2 aromatic rings. The average molecular weight is 289 g/mol. The Labute approximate surface area is 122 Å². The van der Waals surface area contributed by atoms with E-state index in [0.29, 0.717) is 0 Å². The molecule has 0 bridgehead atoms. The molecule has 2 nitrogen and oxygen atoms in total. The summed E-state index contributed by atoms with van der Waals surface area (Å²) in [5, 5.41) is 0. The number of ether oxygens (including phenoxy) is 1. The Morgan fingerprint density at radius 3 is 3.05 bits per heavy atom. The largest absolute Gasteiger partial charge is 0.489 e. The average Bonchev–Trinajstić information content (AvgIpc) is 2.82. The molecule has 0 saturated carbocycles. The molecule has 0 aliphatic carbocycles. The van der Waals surface area contributed by atoms with Crippen LogP contribution in [0.2, 0.25) is 0 Å². The van der Waals surface area contributed by atoms with E-state index in [1.54, 1.807) is 23.9 Å². The molecule has 0 aromatic heterocycles. The molecule has 1 aliphatic heterocycles. The van der Waals surface area contributed by atoms with Crippen molar-refractivity contribution >= 4 is 17.4 Å². The topological polar surface area (TPSA) is 35.2 Å². The number of benzene rings is 2. The van der Waals surface area contributed by atoms with Crippen LogP contribution in [0.4, 0.5) is 10.1 Å². The van der Waals surface area contributed by atoms with Gasteiger partial charge in [-0.15, -0.1) is 11.8 Å². The summed E-state index contributed by atoms with van der Waals surface area (Å²) in [5.74, 6) is 1.40. The van der Waals surface area contributed by atoms with Gasteiger partial charge in [0.25, 0.3) is 0 Å². The number of hydrogen-bond donors (Lipinski definition) is 1. The van der Waals surface area contributed by atoms with E-state index < -0.39 is 0 Å². The first-order valence-corrected chi connectivity index (χ1v) is 7.55. The highest BCUT2D eigenvalue weighted by atomic mass is 32.2. The Morgan fingerprint density at radius 1 is 1.35 bits per heavy atom. The van der Waals surface area contributed by atoms with Crippen LogP contribution in [0, 0.1) is 12.7 Å². The summed E-state index contributed by atoms with van der Waals surface area (Å²) < 4.78 is 19.0. The first kappa shape index (κ1) is 13.3. The van der Waals surface area contributed by atoms with Crippen molar-refractivity contribution in [2.45, 2.75) is 24.3 Å². The molecule has 1 heterocycles. The van der Waals surface area contributed by atoms with Gasteiger partial charge in [0, 0.05) is 28.3 Å². The number of halogens is 1. The maximum Gasteiger partial charge on any atom is 0.123 e. The molecule has 1 atom stereocenters. The van der Waals surface area contributed by atoms with Crippen molar-refractivity contribution in [3.05, 3.63) is 53.3 Å². The molecule has 0 spiro atoms. The third kappa shape index (κ3) is 2.61. The van der Waals surface area contributed by atoms with Crippen LogP contribution in [0.3, 0.4) is 0 Å². The van der Waals surface area contributed by atoms with E-state index >= 15 is 0 Å². The van der Waals surface area contributed by atoms with Crippen LogP contribution in [0.15, 0.2) is 41.3 Å². The fourth-order valence-electron chi connectivity index (χ4n) is 2.34. The molecule has 1 unspecified atom stereocenters. The van der Waals surface area contributed by atoms with E-state index in [1.165, 1.54) is 6.07 Å². The molecule has 1 aliphatic rings. The SMILES string of the molecule is Cc1cccc(SCC2Cc3cc(F)ccc3O2)c1N. The predicted molar refractivity (Wildman–Crippen MR) is 80.8 cm³/mol. The molecule has 2 N–H and O–H groups in total. The molecule has 0 amide bonds. The Bertz CT molecular complexity index is 644. The van der Waals surface area contributed by atoms with Crippen LogP contribution in [0.25, 0.3) is 0 Å². The van der Waals surface area contributed by atoms with E-state index in [9.17, 15) is 4.39 Å². The molecule has 4 heteroatoms. The highest BCUT2D eigenvalue weighted by Gasteiger charge is 2.23. The second kappa shape index (κ2) is 5.37. The lowest BCUT2D eigenvalue weighted by Crippen LogP contribution is -2.16. The van der Waals surface area contributed by atoms with Gasteiger partial charge in [-0.25, -0.2) is 4.39 Å². The third-order valence-corrected chi connectivity index (χ3v) is 4.68. The predicted octanol–water partition coefficient (Wildman–Crippen LogP) is 3.81. The summed E-state index contributed by atoms with van der Waals surface area (Å²) in [6, 6.07) is 10.7. The Kier molecular flexibility index (Phi) is 3.57. The van der Waals surface area contributed by atoms with Crippen molar-refractivity contribution < 1.29 is 9.13 Å². The summed E-state index contributed by atoms with van der Waals surface area (Å²) in [4.78, 5) is 1.08. The molecule has 2 aromatic carbocycles. The summed E-state index contributed by atoms with van der Waals surface area (Å²) in [6.07, 6.45) is 0.836. The summed E-state index contributed by atoms with van der Waals surface area (Å²) >= 11 is 1.69. The first-order valence-electron chi connectivity index (χ1n) is 6.56. The number of fused-ring (bicyclic) bond motifs is 1. The molecule has 0 fully saturated rings. The number of aryl methyl sites for hydroxylation is 1.